The van der Waals surface area contributed by atoms with Crippen LogP contribution in [0.5, 0.6) is 0 Å². The van der Waals surface area contributed by atoms with E-state index < -0.39 is 5.97 Å². The molecule has 0 radical (unpaired) electrons. The quantitative estimate of drug-likeness (QED) is 0.795. The predicted octanol–water partition coefficient (Wildman–Crippen LogP) is 2.32. The van der Waals surface area contributed by atoms with Gasteiger partial charge in [0, 0.05) is 28.9 Å². The van der Waals surface area contributed by atoms with E-state index >= 15 is 0 Å². The molecule has 0 aromatic carbocycles. The van der Waals surface area contributed by atoms with Crippen molar-refractivity contribution in [2.45, 2.75) is 26.3 Å². The third kappa shape index (κ3) is 5.30. The van der Waals surface area contributed by atoms with Crippen LogP contribution in [0, 0.1) is 0 Å². The Bertz CT molecular complexity index is 404. The third-order valence-corrected chi connectivity index (χ3v) is 4.56. The lowest BCUT2D eigenvalue weighted by Crippen LogP contribution is -2.37. The van der Waals surface area contributed by atoms with E-state index in [4.69, 9.17) is 5.11 Å². The first-order valence-electron chi connectivity index (χ1n) is 6.63. The van der Waals surface area contributed by atoms with Crippen LogP contribution in [0.15, 0.2) is 12.1 Å². The SMILES string of the molecule is CCc1ccc(C(C)N(CCN(C)C)CC(=O)O)s1. The van der Waals surface area contributed by atoms with Gasteiger partial charge < -0.3 is 10.0 Å². The number of nitrogens with zero attached hydrogens (tertiary/aromatic N) is 2. The van der Waals surface area contributed by atoms with E-state index in [0.29, 0.717) is 0 Å². The lowest BCUT2D eigenvalue weighted by molar-refractivity contribution is -0.138. The van der Waals surface area contributed by atoms with E-state index in [-0.39, 0.29) is 12.6 Å². The van der Waals surface area contributed by atoms with Gasteiger partial charge in [0.2, 0.25) is 0 Å². The molecule has 1 unspecified atom stereocenters. The van der Waals surface area contributed by atoms with Crippen molar-refractivity contribution in [3.8, 4) is 0 Å². The molecule has 0 spiro atoms. The van der Waals surface area contributed by atoms with Crippen LogP contribution in [-0.2, 0) is 11.2 Å². The topological polar surface area (TPSA) is 43.8 Å². The van der Waals surface area contributed by atoms with Crippen LogP contribution in [0.4, 0.5) is 0 Å². The Hall–Kier alpha value is -0.910. The molecule has 0 aliphatic heterocycles. The zero-order valence-corrected chi connectivity index (χ0v) is 13.0. The fourth-order valence-corrected chi connectivity index (χ4v) is 2.94. The number of hydrogen-bond acceptors (Lipinski definition) is 4. The average molecular weight is 284 g/mol. The number of carbonyl (C=O) groups is 1. The standard InChI is InChI=1S/C14H24N2O2S/c1-5-12-6-7-13(19-12)11(2)16(10-14(17)18)9-8-15(3)4/h6-7,11H,5,8-10H2,1-4H3,(H,17,18). The van der Waals surface area contributed by atoms with Gasteiger partial charge in [-0.15, -0.1) is 11.3 Å². The molecule has 1 rings (SSSR count). The van der Waals surface area contributed by atoms with Crippen molar-refractivity contribution in [1.29, 1.82) is 0 Å². The highest BCUT2D eigenvalue weighted by Gasteiger charge is 2.19. The van der Waals surface area contributed by atoms with E-state index in [1.54, 1.807) is 11.3 Å². The highest BCUT2D eigenvalue weighted by molar-refractivity contribution is 7.12. The highest BCUT2D eigenvalue weighted by atomic mass is 32.1. The number of thiophene rings is 1. The van der Waals surface area contributed by atoms with Gasteiger partial charge in [-0.2, -0.15) is 0 Å². The van der Waals surface area contributed by atoms with Crippen LogP contribution in [0.1, 0.15) is 29.6 Å². The first kappa shape index (κ1) is 16.1. The van der Waals surface area contributed by atoms with Crippen molar-refractivity contribution in [2.75, 3.05) is 33.7 Å². The molecule has 1 aromatic rings. The van der Waals surface area contributed by atoms with Crippen LogP contribution < -0.4 is 0 Å². The molecule has 1 N–H and O–H groups in total. The van der Waals surface area contributed by atoms with E-state index in [2.05, 4.69) is 30.9 Å². The summed E-state index contributed by atoms with van der Waals surface area (Å²) in [5.41, 5.74) is 0. The number of carboxylic acid groups (broad SMARTS) is 1. The van der Waals surface area contributed by atoms with Gasteiger partial charge in [0.05, 0.1) is 6.54 Å². The van der Waals surface area contributed by atoms with Crippen LogP contribution in [0.3, 0.4) is 0 Å². The van der Waals surface area contributed by atoms with Gasteiger partial charge in [-0.3, -0.25) is 9.69 Å². The van der Waals surface area contributed by atoms with Gasteiger partial charge in [0.25, 0.3) is 0 Å². The van der Waals surface area contributed by atoms with Crippen LogP contribution in [0.25, 0.3) is 0 Å². The summed E-state index contributed by atoms with van der Waals surface area (Å²) < 4.78 is 0. The molecule has 0 amide bonds. The molecule has 1 heterocycles. The lowest BCUT2D eigenvalue weighted by atomic mass is 10.2. The Morgan fingerprint density at radius 1 is 1.37 bits per heavy atom. The van der Waals surface area contributed by atoms with Crippen LogP contribution >= 0.6 is 11.3 Å². The molecule has 5 heteroatoms. The number of carboxylic acids is 1. The minimum absolute atomic E-state index is 0.0916. The average Bonchev–Trinajstić information content (AvgIpc) is 2.81. The first-order valence-corrected chi connectivity index (χ1v) is 7.44. The fourth-order valence-electron chi connectivity index (χ4n) is 1.90. The van der Waals surface area contributed by atoms with E-state index in [0.717, 1.165) is 19.5 Å². The molecule has 0 saturated heterocycles. The molecule has 19 heavy (non-hydrogen) atoms. The van der Waals surface area contributed by atoms with Crippen molar-refractivity contribution in [3.05, 3.63) is 21.9 Å². The summed E-state index contributed by atoms with van der Waals surface area (Å²) in [6, 6.07) is 4.42. The molecular formula is C14H24N2O2S. The van der Waals surface area contributed by atoms with E-state index in [9.17, 15) is 4.79 Å². The molecule has 0 aliphatic rings. The third-order valence-electron chi connectivity index (χ3n) is 3.16. The summed E-state index contributed by atoms with van der Waals surface area (Å²) in [4.78, 5) is 17.7. The molecule has 0 fully saturated rings. The predicted molar refractivity (Wildman–Crippen MR) is 79.9 cm³/mol. The zero-order valence-electron chi connectivity index (χ0n) is 12.2. The highest BCUT2D eigenvalue weighted by Crippen LogP contribution is 2.27. The molecule has 1 atom stereocenters. The van der Waals surface area contributed by atoms with Crippen molar-refractivity contribution in [2.24, 2.45) is 0 Å². The summed E-state index contributed by atoms with van der Waals surface area (Å²) in [6.45, 7) is 5.95. The lowest BCUT2D eigenvalue weighted by Gasteiger charge is -2.28. The smallest absolute Gasteiger partial charge is 0.317 e. The van der Waals surface area contributed by atoms with Gasteiger partial charge in [0.1, 0.15) is 0 Å². The summed E-state index contributed by atoms with van der Waals surface area (Å²) in [5, 5.41) is 9.04. The monoisotopic (exact) mass is 284 g/mol. The van der Waals surface area contributed by atoms with E-state index in [1.807, 2.05) is 19.0 Å². The normalized spacial score (nSPS) is 13.2. The number of aryl methyl sites for hydroxylation is 1. The molecule has 0 aliphatic carbocycles. The number of hydrogen-bond donors (Lipinski definition) is 1. The molecule has 4 nitrogen and oxygen atoms in total. The van der Waals surface area contributed by atoms with Gasteiger partial charge in [-0.1, -0.05) is 6.92 Å². The van der Waals surface area contributed by atoms with Gasteiger partial charge in [0.15, 0.2) is 0 Å². The zero-order chi connectivity index (χ0) is 14.4. The van der Waals surface area contributed by atoms with Gasteiger partial charge >= 0.3 is 5.97 Å². The van der Waals surface area contributed by atoms with Crippen LogP contribution in [-0.4, -0.2) is 54.6 Å². The van der Waals surface area contributed by atoms with Gasteiger partial charge in [-0.25, -0.2) is 0 Å². The minimum atomic E-state index is -0.766. The number of aliphatic carboxylic acids is 1. The van der Waals surface area contributed by atoms with Crippen LogP contribution in [0.2, 0.25) is 0 Å². The molecular weight excluding hydrogens is 260 g/mol. The Morgan fingerprint density at radius 2 is 2.05 bits per heavy atom. The Kier molecular flexibility index (Phi) is 6.48. The van der Waals surface area contributed by atoms with Gasteiger partial charge in [-0.05, 0) is 39.6 Å². The summed E-state index contributed by atoms with van der Waals surface area (Å²) >= 11 is 1.78. The molecule has 0 saturated carbocycles. The summed E-state index contributed by atoms with van der Waals surface area (Å²) in [7, 11) is 4.01. The molecule has 108 valence electrons. The largest absolute Gasteiger partial charge is 0.480 e. The van der Waals surface area contributed by atoms with Crippen molar-refractivity contribution < 1.29 is 9.90 Å². The number of likely N-dealkylation sites (N-methyl/N-ethyl adjacent to an activating group) is 1. The van der Waals surface area contributed by atoms with E-state index in [1.165, 1.54) is 9.75 Å². The maximum absolute atomic E-state index is 11.0. The molecule has 0 bridgehead atoms. The minimum Gasteiger partial charge on any atom is -0.480 e. The second kappa shape index (κ2) is 7.62. The number of rotatable bonds is 8. The second-order valence-electron chi connectivity index (χ2n) is 5.00. The summed E-state index contributed by atoms with van der Waals surface area (Å²) in [5.74, 6) is -0.766. The first-order chi connectivity index (χ1) is 8.93. The Morgan fingerprint density at radius 3 is 2.53 bits per heavy atom. The Labute approximate surface area is 119 Å². The van der Waals surface area contributed by atoms with Crippen molar-refractivity contribution in [3.63, 3.8) is 0 Å². The second-order valence-corrected chi connectivity index (χ2v) is 6.20. The maximum Gasteiger partial charge on any atom is 0.317 e. The maximum atomic E-state index is 11.0. The summed E-state index contributed by atoms with van der Waals surface area (Å²) in [6.07, 6.45) is 1.04. The van der Waals surface area contributed by atoms with Crippen molar-refractivity contribution in [1.82, 2.24) is 9.80 Å². The molecule has 1 aromatic heterocycles. The van der Waals surface area contributed by atoms with Crippen molar-refractivity contribution >= 4 is 17.3 Å². The fraction of sp³-hybridized carbons (Fsp3) is 0.643. The Balaban J connectivity index is 2.74.